The third-order valence-corrected chi connectivity index (χ3v) is 1.83. The van der Waals surface area contributed by atoms with E-state index < -0.39 is 0 Å². The third-order valence-electron chi connectivity index (χ3n) is 1.83. The molecule has 0 radical (unpaired) electrons. The number of hydrogen-bond acceptors (Lipinski definition) is 1. The lowest BCUT2D eigenvalue weighted by Gasteiger charge is -1.93. The number of nitrogens with zero attached hydrogens (tertiary/aromatic N) is 1. The van der Waals surface area contributed by atoms with E-state index in [-0.39, 0.29) is 0 Å². The molecule has 1 aliphatic rings. The second-order valence-corrected chi connectivity index (χ2v) is 3.11. The predicted octanol–water partition coefficient (Wildman–Crippen LogP) is 1.55. The molecule has 0 aromatic carbocycles. The summed E-state index contributed by atoms with van der Waals surface area (Å²) in [6.45, 7) is 2.77. The molecular formula is C8H16N2. The Hall–Kier alpha value is -0.530. The third kappa shape index (κ3) is 3.49. The first-order chi connectivity index (χ1) is 4.79. The molecule has 0 aromatic rings. The van der Waals surface area contributed by atoms with Crippen molar-refractivity contribution in [1.29, 1.82) is 0 Å². The van der Waals surface area contributed by atoms with Crippen LogP contribution in [0.25, 0.3) is 0 Å². The molecule has 1 fully saturated rings. The van der Waals surface area contributed by atoms with Gasteiger partial charge < -0.3 is 5.73 Å². The van der Waals surface area contributed by atoms with Crippen molar-refractivity contribution in [3.63, 3.8) is 0 Å². The van der Waals surface area contributed by atoms with Gasteiger partial charge in [-0.25, -0.2) is 0 Å². The standard InChI is InChI=1S/C8H16N2/c1-7(9)10-6-2-3-8-4-5-8/h8H,2-6H2,1H3,(H2,9,10). The first-order valence-corrected chi connectivity index (χ1v) is 4.05. The zero-order chi connectivity index (χ0) is 7.40. The zero-order valence-electron chi connectivity index (χ0n) is 6.64. The highest BCUT2D eigenvalue weighted by molar-refractivity contribution is 5.77. The van der Waals surface area contributed by atoms with Crippen molar-refractivity contribution < 1.29 is 0 Å². The number of aliphatic imine (C=N–C) groups is 1. The van der Waals surface area contributed by atoms with Gasteiger partial charge in [0, 0.05) is 6.54 Å². The van der Waals surface area contributed by atoms with Gasteiger partial charge in [0.2, 0.25) is 0 Å². The van der Waals surface area contributed by atoms with E-state index in [0.717, 1.165) is 18.3 Å². The minimum atomic E-state index is 0.718. The lowest BCUT2D eigenvalue weighted by atomic mass is 10.2. The molecule has 58 valence electrons. The normalized spacial score (nSPS) is 19.5. The summed E-state index contributed by atoms with van der Waals surface area (Å²) >= 11 is 0. The van der Waals surface area contributed by atoms with Gasteiger partial charge in [0.05, 0.1) is 5.84 Å². The Morgan fingerprint density at radius 2 is 2.30 bits per heavy atom. The maximum Gasteiger partial charge on any atom is 0.0905 e. The molecular weight excluding hydrogens is 124 g/mol. The van der Waals surface area contributed by atoms with Crippen molar-refractivity contribution in [3.05, 3.63) is 0 Å². The lowest BCUT2D eigenvalue weighted by molar-refractivity contribution is 0.675. The van der Waals surface area contributed by atoms with Crippen LogP contribution in [-0.4, -0.2) is 12.4 Å². The van der Waals surface area contributed by atoms with Crippen LogP contribution in [-0.2, 0) is 0 Å². The highest BCUT2D eigenvalue weighted by Crippen LogP contribution is 2.33. The van der Waals surface area contributed by atoms with E-state index >= 15 is 0 Å². The first-order valence-electron chi connectivity index (χ1n) is 4.05. The summed E-state index contributed by atoms with van der Waals surface area (Å²) in [5, 5.41) is 0. The average Bonchev–Trinajstić information content (AvgIpc) is 2.62. The smallest absolute Gasteiger partial charge is 0.0905 e. The van der Waals surface area contributed by atoms with Gasteiger partial charge in [0.1, 0.15) is 0 Å². The maximum absolute atomic E-state index is 5.37. The summed E-state index contributed by atoms with van der Waals surface area (Å²) < 4.78 is 0. The fraction of sp³-hybridized carbons (Fsp3) is 0.875. The molecule has 0 saturated heterocycles. The Morgan fingerprint density at radius 3 is 2.80 bits per heavy atom. The quantitative estimate of drug-likeness (QED) is 0.359. The van der Waals surface area contributed by atoms with Gasteiger partial charge in [0.25, 0.3) is 0 Å². The average molecular weight is 140 g/mol. The molecule has 1 aliphatic carbocycles. The van der Waals surface area contributed by atoms with E-state index in [1.165, 1.54) is 25.7 Å². The number of rotatable bonds is 4. The van der Waals surface area contributed by atoms with Crippen molar-refractivity contribution in [1.82, 2.24) is 0 Å². The lowest BCUT2D eigenvalue weighted by Crippen LogP contribution is -2.05. The van der Waals surface area contributed by atoms with E-state index in [1.807, 2.05) is 6.92 Å². The van der Waals surface area contributed by atoms with Crippen LogP contribution in [0.1, 0.15) is 32.6 Å². The van der Waals surface area contributed by atoms with Crippen molar-refractivity contribution in [2.75, 3.05) is 6.54 Å². The van der Waals surface area contributed by atoms with Gasteiger partial charge in [-0.1, -0.05) is 12.8 Å². The molecule has 0 spiro atoms. The van der Waals surface area contributed by atoms with Crippen molar-refractivity contribution in [2.45, 2.75) is 32.6 Å². The van der Waals surface area contributed by atoms with Gasteiger partial charge in [-0.2, -0.15) is 0 Å². The van der Waals surface area contributed by atoms with E-state index in [2.05, 4.69) is 4.99 Å². The highest BCUT2D eigenvalue weighted by Gasteiger charge is 2.19. The molecule has 1 rings (SSSR count). The molecule has 0 unspecified atom stereocenters. The van der Waals surface area contributed by atoms with Crippen LogP contribution in [0.5, 0.6) is 0 Å². The Balaban J connectivity index is 1.89. The number of hydrogen-bond donors (Lipinski definition) is 1. The first kappa shape index (κ1) is 7.58. The molecule has 2 N–H and O–H groups in total. The second-order valence-electron chi connectivity index (χ2n) is 3.11. The largest absolute Gasteiger partial charge is 0.388 e. The Kier molecular flexibility index (Phi) is 2.72. The van der Waals surface area contributed by atoms with Crippen LogP contribution in [0.3, 0.4) is 0 Å². The van der Waals surface area contributed by atoms with Gasteiger partial charge in [-0.15, -0.1) is 0 Å². The van der Waals surface area contributed by atoms with Gasteiger partial charge in [-0.3, -0.25) is 4.99 Å². The molecule has 2 heteroatoms. The summed E-state index contributed by atoms with van der Waals surface area (Å²) in [6.07, 6.45) is 5.48. The summed E-state index contributed by atoms with van der Waals surface area (Å²) in [4.78, 5) is 4.12. The van der Waals surface area contributed by atoms with Crippen LogP contribution in [0.15, 0.2) is 4.99 Å². The monoisotopic (exact) mass is 140 g/mol. The van der Waals surface area contributed by atoms with Crippen LogP contribution in [0.4, 0.5) is 0 Å². The molecule has 2 nitrogen and oxygen atoms in total. The maximum atomic E-state index is 5.37. The molecule has 0 bridgehead atoms. The van der Waals surface area contributed by atoms with Crippen molar-refractivity contribution >= 4 is 5.84 Å². The van der Waals surface area contributed by atoms with E-state index in [1.54, 1.807) is 0 Å². The van der Waals surface area contributed by atoms with Gasteiger partial charge in [-0.05, 0) is 25.7 Å². The van der Waals surface area contributed by atoms with Crippen LogP contribution < -0.4 is 5.73 Å². The van der Waals surface area contributed by atoms with Crippen molar-refractivity contribution in [2.24, 2.45) is 16.6 Å². The summed E-state index contributed by atoms with van der Waals surface area (Å²) in [6, 6.07) is 0. The zero-order valence-corrected chi connectivity index (χ0v) is 6.64. The SMILES string of the molecule is CC(N)=NCCCC1CC1. The van der Waals surface area contributed by atoms with Gasteiger partial charge >= 0.3 is 0 Å². The van der Waals surface area contributed by atoms with Crippen LogP contribution >= 0.6 is 0 Å². The fourth-order valence-electron chi connectivity index (χ4n) is 1.04. The fourth-order valence-corrected chi connectivity index (χ4v) is 1.04. The van der Waals surface area contributed by atoms with Crippen molar-refractivity contribution in [3.8, 4) is 0 Å². The number of amidine groups is 1. The molecule has 0 atom stereocenters. The minimum Gasteiger partial charge on any atom is -0.388 e. The van der Waals surface area contributed by atoms with Crippen LogP contribution in [0, 0.1) is 5.92 Å². The predicted molar refractivity (Wildman–Crippen MR) is 44.1 cm³/mol. The summed E-state index contributed by atoms with van der Waals surface area (Å²) in [7, 11) is 0. The highest BCUT2D eigenvalue weighted by atomic mass is 14.8. The summed E-state index contributed by atoms with van der Waals surface area (Å²) in [5.41, 5.74) is 5.37. The Morgan fingerprint density at radius 1 is 1.60 bits per heavy atom. The van der Waals surface area contributed by atoms with E-state index in [0.29, 0.717) is 0 Å². The molecule has 0 aliphatic heterocycles. The Bertz CT molecular complexity index is 121. The van der Waals surface area contributed by atoms with Crippen LogP contribution in [0.2, 0.25) is 0 Å². The number of nitrogens with two attached hydrogens (primary N) is 1. The molecule has 10 heavy (non-hydrogen) atoms. The molecule has 0 amide bonds. The van der Waals surface area contributed by atoms with E-state index in [9.17, 15) is 0 Å². The molecule has 1 saturated carbocycles. The van der Waals surface area contributed by atoms with E-state index in [4.69, 9.17) is 5.73 Å². The summed E-state index contributed by atoms with van der Waals surface area (Å²) in [5.74, 6) is 1.75. The van der Waals surface area contributed by atoms with Gasteiger partial charge in [0.15, 0.2) is 0 Å². The second kappa shape index (κ2) is 3.59. The molecule has 0 heterocycles. The minimum absolute atomic E-state index is 0.718. The molecule has 0 aromatic heterocycles. The Labute approximate surface area is 62.5 Å². The topological polar surface area (TPSA) is 38.4 Å².